The van der Waals surface area contributed by atoms with Crippen LogP contribution in [0.25, 0.3) is 21.2 Å². The number of aryl methyl sites for hydroxylation is 1. The zero-order chi connectivity index (χ0) is 47.5. The number of hydrogen-bond acceptors (Lipinski definition) is 3. The van der Waals surface area contributed by atoms with Gasteiger partial charge >= 0.3 is 0 Å². The second-order valence-corrected chi connectivity index (χ2v) is 26.7. The lowest BCUT2D eigenvalue weighted by Gasteiger charge is -2.50. The number of anilines is 6. The van der Waals surface area contributed by atoms with Gasteiger partial charge in [-0.2, -0.15) is 0 Å². The molecule has 11 rings (SSSR count). The monoisotopic (exact) mass is 899 g/mol. The molecule has 3 heterocycles. The first-order chi connectivity index (χ1) is 31.4. The molecule has 1 aromatic heterocycles. The van der Waals surface area contributed by atoms with Crippen LogP contribution in [-0.4, -0.2) is 6.71 Å². The van der Waals surface area contributed by atoms with E-state index in [2.05, 4.69) is 223 Å². The first kappa shape index (κ1) is 44.5. The first-order valence-corrected chi connectivity index (χ1v) is 26.0. The Labute approximate surface area is 406 Å². The Morgan fingerprint density at radius 1 is 0.522 bits per heavy atom. The molecule has 342 valence electrons. The summed E-state index contributed by atoms with van der Waals surface area (Å²) in [5.74, 6) is 0. The molecular formula is C63H71BN2S. The maximum atomic E-state index is 2.79. The van der Waals surface area contributed by atoms with Crippen molar-refractivity contribution in [2.75, 3.05) is 9.80 Å². The first-order valence-electron chi connectivity index (χ1n) is 25.2. The molecule has 0 fully saturated rings. The fraction of sp³-hybridized carbons (Fsp3) is 0.397. The minimum absolute atomic E-state index is 0.0118. The Morgan fingerprint density at radius 3 is 1.81 bits per heavy atom. The molecule has 4 aliphatic rings. The molecular weight excluding hydrogens is 828 g/mol. The number of hydrogen-bond donors (Lipinski definition) is 0. The average Bonchev–Trinajstić information content (AvgIpc) is 3.64. The predicted molar refractivity (Wildman–Crippen MR) is 294 cm³/mol. The summed E-state index contributed by atoms with van der Waals surface area (Å²) < 4.78 is 2.79. The van der Waals surface area contributed by atoms with Crippen molar-refractivity contribution >= 4 is 78.0 Å². The van der Waals surface area contributed by atoms with E-state index in [-0.39, 0.29) is 39.2 Å². The van der Waals surface area contributed by atoms with Crippen LogP contribution in [0.15, 0.2) is 109 Å². The largest absolute Gasteiger partial charge is 0.311 e. The summed E-state index contributed by atoms with van der Waals surface area (Å²) >= 11 is 2.02. The van der Waals surface area contributed by atoms with Gasteiger partial charge in [0.25, 0.3) is 6.71 Å². The highest BCUT2D eigenvalue weighted by molar-refractivity contribution is 7.33. The molecule has 67 heavy (non-hydrogen) atoms. The molecule has 0 saturated carbocycles. The van der Waals surface area contributed by atoms with Gasteiger partial charge in [-0.15, -0.1) is 11.3 Å². The van der Waals surface area contributed by atoms with E-state index in [0.717, 1.165) is 6.42 Å². The fourth-order valence-corrected chi connectivity index (χ4v) is 13.8. The molecule has 0 bridgehead atoms. The minimum atomic E-state index is -0.121. The second-order valence-electron chi connectivity index (χ2n) is 25.6. The van der Waals surface area contributed by atoms with E-state index in [4.69, 9.17) is 0 Å². The maximum Gasteiger partial charge on any atom is 0.264 e. The van der Waals surface area contributed by atoms with Crippen LogP contribution in [0, 0.1) is 6.92 Å². The third kappa shape index (κ3) is 6.76. The number of benzene rings is 6. The molecule has 0 saturated heterocycles. The molecule has 0 radical (unpaired) electrons. The summed E-state index contributed by atoms with van der Waals surface area (Å²) in [6.45, 7) is 36.5. The number of thiophene rings is 1. The van der Waals surface area contributed by atoms with E-state index >= 15 is 0 Å². The van der Waals surface area contributed by atoms with Crippen LogP contribution in [0.1, 0.15) is 162 Å². The molecule has 2 aliphatic carbocycles. The van der Waals surface area contributed by atoms with Crippen molar-refractivity contribution in [1.29, 1.82) is 0 Å². The van der Waals surface area contributed by atoms with Crippen molar-refractivity contribution in [3.8, 4) is 11.1 Å². The van der Waals surface area contributed by atoms with Gasteiger partial charge in [0.15, 0.2) is 0 Å². The second kappa shape index (κ2) is 14.5. The SMILES string of the molecule is Cc1ccc2sc3c(c2c1)N(c1ccc(C(C)(C)C)cc1-c1ccccc1)c1cc(C(C)(C)C)cc2c1B3c1ccc3c(c1N2c1ccc2c(c1)C(C)(C)CCC2(C)C)C(C)(C)CCC3(C)C. The zero-order valence-electron chi connectivity index (χ0n) is 43.1. The topological polar surface area (TPSA) is 6.48 Å². The average molecular weight is 899 g/mol. The third-order valence-electron chi connectivity index (χ3n) is 16.9. The number of fused-ring (bicyclic) bond motifs is 9. The van der Waals surface area contributed by atoms with Gasteiger partial charge in [-0.05, 0) is 163 Å². The highest BCUT2D eigenvalue weighted by atomic mass is 32.1. The molecule has 0 spiro atoms. The maximum absolute atomic E-state index is 2.79. The molecule has 0 atom stereocenters. The zero-order valence-corrected chi connectivity index (χ0v) is 43.9. The summed E-state index contributed by atoms with van der Waals surface area (Å²) in [7, 11) is 0. The summed E-state index contributed by atoms with van der Waals surface area (Å²) in [6, 6.07) is 43.7. The van der Waals surface area contributed by atoms with Gasteiger partial charge < -0.3 is 9.80 Å². The van der Waals surface area contributed by atoms with Crippen LogP contribution < -0.4 is 25.5 Å². The normalized spacial score (nSPS) is 18.5. The van der Waals surface area contributed by atoms with Crippen LogP contribution in [0.2, 0.25) is 0 Å². The van der Waals surface area contributed by atoms with Gasteiger partial charge in [-0.25, -0.2) is 0 Å². The van der Waals surface area contributed by atoms with Crippen molar-refractivity contribution in [3.05, 3.63) is 148 Å². The Balaban J connectivity index is 1.32. The van der Waals surface area contributed by atoms with Crippen molar-refractivity contribution in [1.82, 2.24) is 0 Å². The Bertz CT molecular complexity index is 3180. The molecule has 4 heteroatoms. The Hall–Kier alpha value is -5.06. The third-order valence-corrected chi connectivity index (χ3v) is 18.1. The molecule has 7 aromatic rings. The molecule has 0 amide bonds. The van der Waals surface area contributed by atoms with Crippen LogP contribution in [-0.2, 0) is 32.5 Å². The highest BCUT2D eigenvalue weighted by Crippen LogP contribution is 2.57. The van der Waals surface area contributed by atoms with Crippen molar-refractivity contribution in [3.63, 3.8) is 0 Å². The van der Waals surface area contributed by atoms with Gasteiger partial charge in [-0.3, -0.25) is 0 Å². The Kier molecular flexibility index (Phi) is 9.61. The van der Waals surface area contributed by atoms with E-state index in [1.54, 1.807) is 0 Å². The predicted octanol–water partition coefficient (Wildman–Crippen LogP) is 16.3. The summed E-state index contributed by atoms with van der Waals surface area (Å²) in [4.78, 5) is 5.52. The Morgan fingerprint density at radius 2 is 1.13 bits per heavy atom. The minimum Gasteiger partial charge on any atom is -0.311 e. The van der Waals surface area contributed by atoms with E-state index in [1.165, 1.54) is 129 Å². The lowest BCUT2D eigenvalue weighted by atomic mass is 9.35. The number of nitrogens with zero attached hydrogens (tertiary/aromatic N) is 2. The molecule has 0 unspecified atom stereocenters. The lowest BCUT2D eigenvalue weighted by Crippen LogP contribution is -2.61. The molecule has 6 aromatic carbocycles. The standard InChI is InChI=1S/C63H71BN2S/c1-38-21-28-52-44(33-38)55-57(67-52)64-48-26-25-46-53(63(14,15)32-31-61(46,10)11)56(48)65(42-23-24-45-47(37-42)62(12,13)30-29-60(45,8)9)50-35-41(59(5,6)7)36-51(54(50)64)66(55)49-27-22-40(58(2,3)4)34-43(49)39-19-17-16-18-20-39/h16-28,33-37H,29-32H2,1-15H3. The fourth-order valence-electron chi connectivity index (χ4n) is 12.5. The highest BCUT2D eigenvalue weighted by Gasteiger charge is 2.50. The van der Waals surface area contributed by atoms with Crippen molar-refractivity contribution in [2.24, 2.45) is 0 Å². The molecule has 0 N–H and O–H groups in total. The van der Waals surface area contributed by atoms with Crippen LogP contribution >= 0.6 is 11.3 Å². The lowest BCUT2D eigenvalue weighted by molar-refractivity contribution is 0.331. The summed E-state index contributed by atoms with van der Waals surface area (Å²) in [6.07, 6.45) is 4.72. The quantitative estimate of drug-likeness (QED) is 0.163. The van der Waals surface area contributed by atoms with E-state index in [9.17, 15) is 0 Å². The van der Waals surface area contributed by atoms with Gasteiger partial charge in [0, 0.05) is 43.2 Å². The van der Waals surface area contributed by atoms with E-state index in [0.29, 0.717) is 0 Å². The number of rotatable bonds is 3. The van der Waals surface area contributed by atoms with E-state index < -0.39 is 0 Å². The van der Waals surface area contributed by atoms with Gasteiger partial charge in [0.2, 0.25) is 0 Å². The molecule has 2 aliphatic heterocycles. The smallest absolute Gasteiger partial charge is 0.264 e. The van der Waals surface area contributed by atoms with Crippen LogP contribution in [0.3, 0.4) is 0 Å². The van der Waals surface area contributed by atoms with Crippen molar-refractivity contribution in [2.45, 2.75) is 162 Å². The van der Waals surface area contributed by atoms with E-state index in [1.807, 2.05) is 11.3 Å². The van der Waals surface area contributed by atoms with Gasteiger partial charge in [-0.1, -0.05) is 163 Å². The van der Waals surface area contributed by atoms with Crippen molar-refractivity contribution < 1.29 is 0 Å². The van der Waals surface area contributed by atoms with Gasteiger partial charge in [0.1, 0.15) is 0 Å². The van der Waals surface area contributed by atoms with Gasteiger partial charge in [0.05, 0.1) is 11.4 Å². The van der Waals surface area contributed by atoms with Crippen LogP contribution in [0.5, 0.6) is 0 Å². The summed E-state index contributed by atoms with van der Waals surface area (Å²) in [5, 5.41) is 1.34. The van der Waals surface area contributed by atoms with Crippen LogP contribution in [0.4, 0.5) is 34.1 Å². The summed E-state index contributed by atoms with van der Waals surface area (Å²) in [5.41, 5.74) is 23.4. The molecule has 2 nitrogen and oxygen atoms in total.